The van der Waals surface area contributed by atoms with Crippen molar-refractivity contribution in [1.29, 1.82) is 5.26 Å². The molecule has 0 N–H and O–H groups in total. The Balaban J connectivity index is 1.64. The Morgan fingerprint density at radius 2 is 1.76 bits per heavy atom. The number of amides is 1. The fraction of sp³-hybridized carbons (Fsp3) is 0.391. The first-order valence-corrected chi connectivity index (χ1v) is 10.3. The van der Waals surface area contributed by atoms with Crippen LogP contribution in [0, 0.1) is 25.2 Å². The zero-order valence-corrected chi connectivity index (χ0v) is 17.8. The maximum atomic E-state index is 13.1. The van der Waals surface area contributed by atoms with Gasteiger partial charge in [-0.25, -0.2) is 0 Å². The second-order valence-corrected chi connectivity index (χ2v) is 7.92. The summed E-state index contributed by atoms with van der Waals surface area (Å²) in [6, 6.07) is 16.1. The van der Waals surface area contributed by atoms with E-state index in [1.807, 2.05) is 50.2 Å². The summed E-state index contributed by atoms with van der Waals surface area (Å²) >= 11 is 6.32. The van der Waals surface area contributed by atoms with Crippen molar-refractivity contribution in [2.45, 2.75) is 20.3 Å². The number of hydrogen-bond acceptors (Lipinski definition) is 4. The molecule has 0 bridgehead atoms. The molecular weight excluding hydrogens is 384 g/mol. The number of para-hydroxylation sites is 1. The van der Waals surface area contributed by atoms with Gasteiger partial charge in [0.25, 0.3) is 0 Å². The number of carbonyl (C=O) groups is 1. The zero-order chi connectivity index (χ0) is 20.8. The summed E-state index contributed by atoms with van der Waals surface area (Å²) in [6.07, 6.45) is 0.318. The molecule has 1 saturated heterocycles. The number of benzene rings is 2. The monoisotopic (exact) mass is 410 g/mol. The number of aryl methyl sites for hydroxylation is 2. The Morgan fingerprint density at radius 3 is 2.38 bits per heavy atom. The summed E-state index contributed by atoms with van der Waals surface area (Å²) in [6.45, 7) is 8.09. The SMILES string of the molecule is Cc1cc(C)cc(N(CCC#N)C(=O)CN2CCN(c3ccccc3Cl)CC2)c1. The van der Waals surface area contributed by atoms with E-state index in [1.54, 1.807) is 4.90 Å². The van der Waals surface area contributed by atoms with Crippen LogP contribution in [0.3, 0.4) is 0 Å². The normalized spacial score (nSPS) is 14.5. The third kappa shape index (κ3) is 5.50. The summed E-state index contributed by atoms with van der Waals surface area (Å²) in [4.78, 5) is 19.3. The molecule has 1 amide bonds. The minimum absolute atomic E-state index is 0.0384. The number of carbonyl (C=O) groups excluding carboxylic acids is 1. The summed E-state index contributed by atoms with van der Waals surface area (Å²) < 4.78 is 0. The van der Waals surface area contributed by atoms with Gasteiger partial charge in [-0.05, 0) is 49.2 Å². The van der Waals surface area contributed by atoms with Crippen molar-refractivity contribution >= 4 is 28.9 Å². The molecule has 0 aliphatic carbocycles. The Hall–Kier alpha value is -2.55. The summed E-state index contributed by atoms with van der Waals surface area (Å²) in [5, 5.41) is 9.78. The molecule has 1 fully saturated rings. The second-order valence-electron chi connectivity index (χ2n) is 7.51. The molecule has 2 aromatic rings. The van der Waals surface area contributed by atoms with Crippen LogP contribution in [0.25, 0.3) is 0 Å². The van der Waals surface area contributed by atoms with Crippen LogP contribution >= 0.6 is 11.6 Å². The molecule has 0 spiro atoms. The van der Waals surface area contributed by atoms with E-state index in [4.69, 9.17) is 16.9 Å². The van der Waals surface area contributed by atoms with E-state index in [9.17, 15) is 4.79 Å². The topological polar surface area (TPSA) is 50.6 Å². The van der Waals surface area contributed by atoms with E-state index in [0.717, 1.165) is 53.7 Å². The third-order valence-corrected chi connectivity index (χ3v) is 5.51. The average molecular weight is 411 g/mol. The number of piperazine rings is 1. The van der Waals surface area contributed by atoms with Crippen LogP contribution in [0.5, 0.6) is 0 Å². The average Bonchev–Trinajstić information content (AvgIpc) is 2.69. The third-order valence-electron chi connectivity index (χ3n) is 5.19. The fourth-order valence-electron chi connectivity index (χ4n) is 3.80. The Morgan fingerprint density at radius 1 is 1.10 bits per heavy atom. The molecule has 1 aliphatic rings. The molecule has 0 unspecified atom stereocenters. The van der Waals surface area contributed by atoms with Crippen molar-refractivity contribution in [3.8, 4) is 6.07 Å². The fourth-order valence-corrected chi connectivity index (χ4v) is 4.05. The van der Waals surface area contributed by atoms with Crippen LogP contribution in [0.4, 0.5) is 11.4 Å². The largest absolute Gasteiger partial charge is 0.368 e. The second kappa shape index (κ2) is 9.78. The molecular formula is C23H27ClN4O. The van der Waals surface area contributed by atoms with Crippen LogP contribution in [0.1, 0.15) is 17.5 Å². The minimum Gasteiger partial charge on any atom is -0.368 e. The van der Waals surface area contributed by atoms with Crippen molar-refractivity contribution in [2.24, 2.45) is 0 Å². The molecule has 0 saturated carbocycles. The van der Waals surface area contributed by atoms with Crippen LogP contribution in [0.2, 0.25) is 5.02 Å². The van der Waals surface area contributed by atoms with E-state index < -0.39 is 0 Å². The van der Waals surface area contributed by atoms with E-state index >= 15 is 0 Å². The summed E-state index contributed by atoms with van der Waals surface area (Å²) in [5.74, 6) is 0.0384. The van der Waals surface area contributed by atoms with Gasteiger partial charge >= 0.3 is 0 Å². The van der Waals surface area contributed by atoms with Crippen molar-refractivity contribution in [3.05, 3.63) is 58.6 Å². The Bertz CT molecular complexity index is 880. The van der Waals surface area contributed by atoms with Gasteiger partial charge in [-0.1, -0.05) is 29.8 Å². The molecule has 29 heavy (non-hydrogen) atoms. The molecule has 2 aromatic carbocycles. The molecule has 0 radical (unpaired) electrons. The van der Waals surface area contributed by atoms with Crippen molar-refractivity contribution in [3.63, 3.8) is 0 Å². The highest BCUT2D eigenvalue weighted by Gasteiger charge is 2.23. The lowest BCUT2D eigenvalue weighted by Gasteiger charge is -2.37. The van der Waals surface area contributed by atoms with Gasteiger partial charge in [-0.2, -0.15) is 5.26 Å². The van der Waals surface area contributed by atoms with Crippen LogP contribution < -0.4 is 9.80 Å². The number of nitrogens with zero attached hydrogens (tertiary/aromatic N) is 4. The van der Waals surface area contributed by atoms with Crippen LogP contribution in [-0.2, 0) is 4.79 Å². The quantitative estimate of drug-likeness (QED) is 0.721. The number of hydrogen-bond donors (Lipinski definition) is 0. The van der Waals surface area contributed by atoms with E-state index in [1.165, 1.54) is 0 Å². The van der Waals surface area contributed by atoms with Gasteiger partial charge in [0.15, 0.2) is 0 Å². The van der Waals surface area contributed by atoms with Crippen molar-refractivity contribution in [2.75, 3.05) is 49.1 Å². The summed E-state index contributed by atoms with van der Waals surface area (Å²) in [5.41, 5.74) is 4.15. The Labute approximate surface area is 178 Å². The standard InChI is InChI=1S/C23H27ClN4O/c1-18-14-19(2)16-20(15-18)28(9-5-8-25)23(29)17-26-10-12-27(13-11-26)22-7-4-3-6-21(22)24/h3-4,6-7,14-16H,5,9-13,17H2,1-2H3. The number of nitriles is 1. The van der Waals surface area contributed by atoms with Gasteiger partial charge in [0.2, 0.25) is 5.91 Å². The van der Waals surface area contributed by atoms with Crippen LogP contribution in [-0.4, -0.2) is 50.1 Å². The lowest BCUT2D eigenvalue weighted by atomic mass is 10.1. The van der Waals surface area contributed by atoms with Gasteiger partial charge < -0.3 is 9.80 Å². The first-order valence-electron chi connectivity index (χ1n) is 9.95. The number of rotatable bonds is 6. The zero-order valence-electron chi connectivity index (χ0n) is 17.1. The lowest BCUT2D eigenvalue weighted by Crippen LogP contribution is -2.50. The molecule has 1 aliphatic heterocycles. The van der Waals surface area contributed by atoms with E-state index in [0.29, 0.717) is 19.5 Å². The molecule has 3 rings (SSSR count). The first-order chi connectivity index (χ1) is 14.0. The minimum atomic E-state index is 0.0384. The molecule has 0 atom stereocenters. The molecule has 0 aromatic heterocycles. The maximum Gasteiger partial charge on any atom is 0.241 e. The number of halogens is 1. The maximum absolute atomic E-state index is 13.1. The molecule has 5 nitrogen and oxygen atoms in total. The predicted octanol–water partition coefficient (Wildman–Crippen LogP) is 4.03. The van der Waals surface area contributed by atoms with Gasteiger partial charge in [0.1, 0.15) is 0 Å². The summed E-state index contributed by atoms with van der Waals surface area (Å²) in [7, 11) is 0. The highest BCUT2D eigenvalue weighted by molar-refractivity contribution is 6.33. The van der Waals surface area contributed by atoms with E-state index in [-0.39, 0.29) is 5.91 Å². The van der Waals surface area contributed by atoms with Gasteiger partial charge in [0.05, 0.1) is 29.7 Å². The number of anilines is 2. The Kier molecular flexibility index (Phi) is 7.13. The molecule has 152 valence electrons. The highest BCUT2D eigenvalue weighted by atomic mass is 35.5. The highest BCUT2D eigenvalue weighted by Crippen LogP contribution is 2.26. The van der Waals surface area contributed by atoms with E-state index in [2.05, 4.69) is 21.9 Å². The molecule has 1 heterocycles. The lowest BCUT2D eigenvalue weighted by molar-refractivity contribution is -0.119. The molecule has 6 heteroatoms. The predicted molar refractivity (Wildman–Crippen MR) is 119 cm³/mol. The van der Waals surface area contributed by atoms with Crippen LogP contribution in [0.15, 0.2) is 42.5 Å². The van der Waals surface area contributed by atoms with Gasteiger partial charge in [-0.15, -0.1) is 0 Å². The van der Waals surface area contributed by atoms with Gasteiger partial charge in [0, 0.05) is 38.4 Å². The van der Waals surface area contributed by atoms with Gasteiger partial charge in [-0.3, -0.25) is 9.69 Å². The smallest absolute Gasteiger partial charge is 0.241 e. The first kappa shape index (κ1) is 21.2. The van der Waals surface area contributed by atoms with Crippen molar-refractivity contribution in [1.82, 2.24) is 4.90 Å². The van der Waals surface area contributed by atoms with Crippen molar-refractivity contribution < 1.29 is 4.79 Å².